The molecule has 3 aromatic rings. The van der Waals surface area contributed by atoms with Crippen molar-refractivity contribution in [1.29, 1.82) is 0 Å². The number of sulfonamides is 1. The van der Waals surface area contributed by atoms with Gasteiger partial charge in [0.1, 0.15) is 11.4 Å². The zero-order valence-corrected chi connectivity index (χ0v) is 16.0. The maximum Gasteiger partial charge on any atom is 0.266 e. The minimum absolute atomic E-state index is 0.0866. The Bertz CT molecular complexity index is 1190. The van der Waals surface area contributed by atoms with Crippen molar-refractivity contribution in [3.63, 3.8) is 0 Å². The molecule has 0 bridgehead atoms. The Hall–Kier alpha value is -2.52. The standard InChI is InChI=1S/C19H20N4O4S/c24-19-8-7-16(14-5-6-14)20-23(19)11-13-9-22(10-13)28(25,26)12-17-15-3-1-2-4-18(15)27-21-17/h1-4,7-8,13-14H,5-6,9-12H2. The van der Waals surface area contributed by atoms with E-state index in [0.717, 1.165) is 23.9 Å². The SMILES string of the molecule is O=c1ccc(C2CC2)nn1CC1CN(S(=O)(=O)Cc2noc3ccccc23)C1. The van der Waals surface area contributed by atoms with Crippen molar-refractivity contribution in [1.82, 2.24) is 19.2 Å². The van der Waals surface area contributed by atoms with E-state index in [1.165, 1.54) is 8.99 Å². The molecule has 28 heavy (non-hydrogen) atoms. The summed E-state index contributed by atoms with van der Waals surface area (Å²) in [6.45, 7) is 1.22. The Morgan fingerprint density at radius 2 is 1.89 bits per heavy atom. The van der Waals surface area contributed by atoms with E-state index >= 15 is 0 Å². The molecule has 0 atom stereocenters. The number of nitrogens with zero attached hydrogens (tertiary/aromatic N) is 4. The van der Waals surface area contributed by atoms with Gasteiger partial charge in [0.2, 0.25) is 10.0 Å². The molecule has 1 aliphatic heterocycles. The fourth-order valence-electron chi connectivity index (χ4n) is 3.61. The molecule has 0 amide bonds. The predicted molar refractivity (Wildman–Crippen MR) is 102 cm³/mol. The van der Waals surface area contributed by atoms with Gasteiger partial charge in [-0.3, -0.25) is 4.79 Å². The van der Waals surface area contributed by atoms with Crippen LogP contribution in [0.2, 0.25) is 0 Å². The molecule has 5 rings (SSSR count). The number of aromatic nitrogens is 3. The summed E-state index contributed by atoms with van der Waals surface area (Å²) < 4.78 is 33.5. The van der Waals surface area contributed by atoms with Crippen LogP contribution >= 0.6 is 0 Å². The van der Waals surface area contributed by atoms with Crippen molar-refractivity contribution < 1.29 is 12.9 Å². The first-order valence-corrected chi connectivity index (χ1v) is 11.0. The summed E-state index contributed by atoms with van der Waals surface area (Å²) in [6, 6.07) is 10.6. The summed E-state index contributed by atoms with van der Waals surface area (Å²) in [5.41, 5.74) is 1.82. The van der Waals surface area contributed by atoms with Gasteiger partial charge in [-0.1, -0.05) is 17.3 Å². The molecule has 3 heterocycles. The van der Waals surface area contributed by atoms with Crippen LogP contribution in [-0.4, -0.2) is 40.7 Å². The van der Waals surface area contributed by atoms with Crippen LogP contribution in [0, 0.1) is 5.92 Å². The van der Waals surface area contributed by atoms with Crippen molar-refractivity contribution in [2.75, 3.05) is 13.1 Å². The molecule has 0 N–H and O–H groups in total. The normalized spacial score (nSPS) is 18.4. The summed E-state index contributed by atoms with van der Waals surface area (Å²) in [6.07, 6.45) is 2.24. The van der Waals surface area contributed by atoms with Crippen LogP contribution in [0.15, 0.2) is 45.7 Å². The van der Waals surface area contributed by atoms with Gasteiger partial charge in [0, 0.05) is 36.4 Å². The third-order valence-electron chi connectivity index (χ3n) is 5.40. The van der Waals surface area contributed by atoms with Gasteiger partial charge >= 0.3 is 0 Å². The van der Waals surface area contributed by atoms with Crippen LogP contribution in [0.4, 0.5) is 0 Å². The highest BCUT2D eigenvalue weighted by Gasteiger charge is 2.37. The molecule has 1 saturated heterocycles. The van der Waals surface area contributed by atoms with E-state index < -0.39 is 10.0 Å². The molecule has 0 unspecified atom stereocenters. The Labute approximate surface area is 161 Å². The molecular formula is C19H20N4O4S. The quantitative estimate of drug-likeness (QED) is 0.625. The Balaban J connectivity index is 1.25. The van der Waals surface area contributed by atoms with Crippen molar-refractivity contribution in [3.8, 4) is 0 Å². The van der Waals surface area contributed by atoms with Gasteiger partial charge < -0.3 is 4.52 Å². The van der Waals surface area contributed by atoms with Gasteiger partial charge in [-0.15, -0.1) is 0 Å². The molecule has 9 heteroatoms. The van der Waals surface area contributed by atoms with E-state index in [9.17, 15) is 13.2 Å². The minimum atomic E-state index is -3.48. The monoisotopic (exact) mass is 400 g/mol. The summed E-state index contributed by atoms with van der Waals surface area (Å²) in [5, 5.41) is 9.09. The smallest absolute Gasteiger partial charge is 0.266 e. The Morgan fingerprint density at radius 3 is 2.68 bits per heavy atom. The second kappa shape index (κ2) is 6.52. The van der Waals surface area contributed by atoms with Gasteiger partial charge in [-0.05, 0) is 31.0 Å². The van der Waals surface area contributed by atoms with Gasteiger partial charge in [0.05, 0.1) is 12.2 Å². The van der Waals surface area contributed by atoms with E-state index in [2.05, 4.69) is 10.3 Å². The van der Waals surface area contributed by atoms with Crippen molar-refractivity contribution in [2.24, 2.45) is 5.92 Å². The second-order valence-electron chi connectivity index (χ2n) is 7.62. The molecule has 2 aliphatic rings. The molecule has 1 saturated carbocycles. The molecule has 1 aliphatic carbocycles. The van der Waals surface area contributed by atoms with E-state index in [1.807, 2.05) is 12.1 Å². The number of rotatable bonds is 6. The van der Waals surface area contributed by atoms with Crippen LogP contribution in [-0.2, 0) is 22.3 Å². The van der Waals surface area contributed by atoms with Gasteiger partial charge in [-0.25, -0.2) is 17.4 Å². The second-order valence-corrected chi connectivity index (χ2v) is 9.59. The number of hydrogen-bond acceptors (Lipinski definition) is 6. The summed E-state index contributed by atoms with van der Waals surface area (Å²) in [7, 11) is -3.48. The lowest BCUT2D eigenvalue weighted by atomic mass is 10.0. The van der Waals surface area contributed by atoms with E-state index in [-0.39, 0.29) is 17.2 Å². The zero-order valence-electron chi connectivity index (χ0n) is 15.2. The number of hydrogen-bond donors (Lipinski definition) is 0. The Kier molecular flexibility index (Phi) is 4.09. The zero-order chi connectivity index (χ0) is 19.3. The van der Waals surface area contributed by atoms with E-state index in [1.54, 1.807) is 24.3 Å². The maximum absolute atomic E-state index is 12.7. The molecular weight excluding hydrogens is 380 g/mol. The summed E-state index contributed by atoms with van der Waals surface area (Å²) in [4.78, 5) is 12.1. The highest BCUT2D eigenvalue weighted by Crippen LogP contribution is 2.38. The van der Waals surface area contributed by atoms with E-state index in [0.29, 0.717) is 36.8 Å². The number of benzene rings is 1. The lowest BCUT2D eigenvalue weighted by Crippen LogP contribution is -2.52. The third kappa shape index (κ3) is 3.24. The molecule has 1 aromatic carbocycles. The number of fused-ring (bicyclic) bond motifs is 1. The van der Waals surface area contributed by atoms with Crippen LogP contribution in [0.25, 0.3) is 11.0 Å². The van der Waals surface area contributed by atoms with Gasteiger partial charge in [-0.2, -0.15) is 5.10 Å². The van der Waals surface area contributed by atoms with Crippen molar-refractivity contribution in [3.05, 3.63) is 58.1 Å². The molecule has 146 valence electrons. The van der Waals surface area contributed by atoms with Crippen LogP contribution in [0.1, 0.15) is 30.1 Å². The molecule has 0 radical (unpaired) electrons. The summed E-state index contributed by atoms with van der Waals surface area (Å²) >= 11 is 0. The van der Waals surface area contributed by atoms with E-state index in [4.69, 9.17) is 4.52 Å². The first-order valence-electron chi connectivity index (χ1n) is 9.39. The van der Waals surface area contributed by atoms with Crippen molar-refractivity contribution >= 4 is 21.0 Å². The average Bonchev–Trinajstić information content (AvgIpc) is 3.41. The number of para-hydroxylation sites is 1. The lowest BCUT2D eigenvalue weighted by Gasteiger charge is -2.37. The first-order chi connectivity index (χ1) is 13.5. The van der Waals surface area contributed by atoms with Gasteiger partial charge in [0.25, 0.3) is 5.56 Å². The summed E-state index contributed by atoms with van der Waals surface area (Å²) in [5.74, 6) is 0.373. The third-order valence-corrected chi connectivity index (χ3v) is 7.13. The van der Waals surface area contributed by atoms with Crippen LogP contribution in [0.5, 0.6) is 0 Å². The maximum atomic E-state index is 12.7. The molecule has 8 nitrogen and oxygen atoms in total. The largest absolute Gasteiger partial charge is 0.356 e. The molecule has 2 aromatic heterocycles. The minimum Gasteiger partial charge on any atom is -0.356 e. The lowest BCUT2D eigenvalue weighted by molar-refractivity contribution is 0.172. The molecule has 0 spiro atoms. The fourth-order valence-corrected chi connectivity index (χ4v) is 5.22. The van der Waals surface area contributed by atoms with Crippen LogP contribution < -0.4 is 5.56 Å². The highest BCUT2D eigenvalue weighted by atomic mass is 32.2. The topological polar surface area (TPSA) is 98.3 Å². The Morgan fingerprint density at radius 1 is 1.11 bits per heavy atom. The fraction of sp³-hybridized carbons (Fsp3) is 0.421. The van der Waals surface area contributed by atoms with Crippen LogP contribution in [0.3, 0.4) is 0 Å². The molecule has 2 fully saturated rings. The first kappa shape index (κ1) is 17.6. The van der Waals surface area contributed by atoms with Crippen molar-refractivity contribution in [2.45, 2.75) is 31.1 Å². The van der Waals surface area contributed by atoms with Gasteiger partial charge in [0.15, 0.2) is 5.58 Å². The average molecular weight is 400 g/mol. The highest BCUT2D eigenvalue weighted by molar-refractivity contribution is 7.88. The predicted octanol–water partition coefficient (Wildman–Crippen LogP) is 1.72.